The maximum atomic E-state index is 13.4. The molecule has 2 aromatic heterocycles. The van der Waals surface area contributed by atoms with Gasteiger partial charge >= 0.3 is 5.69 Å². The van der Waals surface area contributed by atoms with Crippen LogP contribution in [0.4, 0.5) is 4.39 Å². The number of hydrogen-bond donors (Lipinski definition) is 0. The number of fused-ring (bicyclic) bond motifs is 1. The third-order valence-corrected chi connectivity index (χ3v) is 5.07. The molecule has 2 heterocycles. The first-order chi connectivity index (χ1) is 14.0. The molecule has 3 rings (SSSR count). The molecule has 0 aliphatic carbocycles. The molecule has 0 unspecified atom stereocenters. The van der Waals surface area contributed by atoms with Crippen LogP contribution in [0.2, 0.25) is 0 Å². The first-order valence-corrected chi connectivity index (χ1v) is 10.0. The predicted octanol–water partition coefficient (Wildman–Crippen LogP) is 3.15. The van der Waals surface area contributed by atoms with E-state index in [2.05, 4.69) is 4.98 Å². The third-order valence-electron chi connectivity index (χ3n) is 5.07. The molecule has 0 saturated heterocycles. The molecule has 0 amide bonds. The second-order valence-electron chi connectivity index (χ2n) is 8.95. The molecule has 0 fully saturated rings. The smallest absolute Gasteiger partial charge is 0.317 e. The Bertz CT molecular complexity index is 1190. The summed E-state index contributed by atoms with van der Waals surface area (Å²) >= 11 is 0. The van der Waals surface area contributed by atoms with E-state index >= 15 is 0 Å². The second kappa shape index (κ2) is 8.01. The number of nitrogens with zero attached hydrogens (tertiary/aromatic N) is 4. The van der Waals surface area contributed by atoms with E-state index in [1.54, 1.807) is 0 Å². The SMILES string of the molecule is CC(C)CCn1c(=O)c2c(ncn2CC(=O)C(C)(C)C)n(-c2ccc(F)cc2)c1=O. The van der Waals surface area contributed by atoms with E-state index < -0.39 is 22.5 Å². The van der Waals surface area contributed by atoms with Crippen molar-refractivity contribution in [2.45, 2.75) is 54.1 Å². The summed E-state index contributed by atoms with van der Waals surface area (Å²) in [7, 11) is 0. The van der Waals surface area contributed by atoms with Crippen molar-refractivity contribution >= 4 is 16.9 Å². The Labute approximate surface area is 173 Å². The van der Waals surface area contributed by atoms with Crippen molar-refractivity contribution in [2.24, 2.45) is 11.3 Å². The number of imidazole rings is 1. The van der Waals surface area contributed by atoms with Gasteiger partial charge in [-0.1, -0.05) is 34.6 Å². The molecule has 3 aromatic rings. The fourth-order valence-corrected chi connectivity index (χ4v) is 3.10. The van der Waals surface area contributed by atoms with Crippen molar-refractivity contribution in [3.63, 3.8) is 0 Å². The Morgan fingerprint density at radius 2 is 1.77 bits per heavy atom. The highest BCUT2D eigenvalue weighted by atomic mass is 19.1. The molecule has 0 atom stereocenters. The van der Waals surface area contributed by atoms with Gasteiger partial charge in [-0.3, -0.25) is 14.2 Å². The zero-order valence-corrected chi connectivity index (χ0v) is 18.0. The second-order valence-corrected chi connectivity index (χ2v) is 8.95. The Kier molecular flexibility index (Phi) is 5.78. The lowest BCUT2D eigenvalue weighted by atomic mass is 9.91. The number of Topliss-reactive ketones (excluding diaryl/α,β-unsaturated/α-hetero) is 1. The summed E-state index contributed by atoms with van der Waals surface area (Å²) < 4.78 is 17.4. The summed E-state index contributed by atoms with van der Waals surface area (Å²) in [4.78, 5) is 43.3. The van der Waals surface area contributed by atoms with Gasteiger partial charge in [0.15, 0.2) is 16.9 Å². The average Bonchev–Trinajstić information content (AvgIpc) is 3.05. The molecule has 0 aliphatic rings. The van der Waals surface area contributed by atoms with Gasteiger partial charge in [-0.25, -0.2) is 18.7 Å². The van der Waals surface area contributed by atoms with Gasteiger partial charge in [-0.15, -0.1) is 0 Å². The summed E-state index contributed by atoms with van der Waals surface area (Å²) in [5.74, 6) is -0.203. The van der Waals surface area contributed by atoms with E-state index in [1.807, 2.05) is 34.6 Å². The normalized spacial score (nSPS) is 12.1. The Balaban J connectivity index is 2.29. The maximum absolute atomic E-state index is 13.4. The average molecular weight is 414 g/mol. The van der Waals surface area contributed by atoms with E-state index in [4.69, 9.17) is 0 Å². The minimum absolute atomic E-state index is 0.0267. The molecule has 0 saturated carbocycles. The van der Waals surface area contributed by atoms with E-state index in [0.29, 0.717) is 18.0 Å². The number of hydrogen-bond acceptors (Lipinski definition) is 4. The molecule has 160 valence electrons. The van der Waals surface area contributed by atoms with Crippen LogP contribution in [0, 0.1) is 17.2 Å². The molecule has 0 aliphatic heterocycles. The molecule has 1 aromatic carbocycles. The van der Waals surface area contributed by atoms with Crippen molar-refractivity contribution in [2.75, 3.05) is 0 Å². The minimum Gasteiger partial charge on any atom is -0.317 e. The monoisotopic (exact) mass is 414 g/mol. The number of carbonyl (C=O) groups excluding carboxylic acids is 1. The summed E-state index contributed by atoms with van der Waals surface area (Å²) in [6.45, 7) is 9.66. The number of rotatable bonds is 6. The molecule has 30 heavy (non-hydrogen) atoms. The van der Waals surface area contributed by atoms with Crippen molar-refractivity contribution < 1.29 is 9.18 Å². The number of benzene rings is 1. The van der Waals surface area contributed by atoms with E-state index in [0.717, 1.165) is 0 Å². The molecular weight excluding hydrogens is 387 g/mol. The van der Waals surface area contributed by atoms with Gasteiger partial charge in [-0.2, -0.15) is 0 Å². The van der Waals surface area contributed by atoms with Gasteiger partial charge in [0, 0.05) is 12.0 Å². The van der Waals surface area contributed by atoms with Crippen LogP contribution in [0.25, 0.3) is 16.9 Å². The molecule has 8 heteroatoms. The lowest BCUT2D eigenvalue weighted by Gasteiger charge is -2.17. The van der Waals surface area contributed by atoms with Crippen LogP contribution in [0.5, 0.6) is 0 Å². The lowest BCUT2D eigenvalue weighted by molar-refractivity contribution is -0.126. The summed E-state index contributed by atoms with van der Waals surface area (Å²) in [6.07, 6.45) is 2.04. The van der Waals surface area contributed by atoms with Crippen LogP contribution in [0.1, 0.15) is 41.0 Å². The highest BCUT2D eigenvalue weighted by Crippen LogP contribution is 2.18. The summed E-state index contributed by atoms with van der Waals surface area (Å²) in [5.41, 5.74) is -0.865. The van der Waals surface area contributed by atoms with Crippen LogP contribution in [-0.2, 0) is 17.9 Å². The summed E-state index contributed by atoms with van der Waals surface area (Å²) in [5, 5.41) is 0. The third kappa shape index (κ3) is 4.13. The van der Waals surface area contributed by atoms with Crippen LogP contribution in [0.15, 0.2) is 40.2 Å². The minimum atomic E-state index is -0.585. The topological polar surface area (TPSA) is 78.9 Å². The summed E-state index contributed by atoms with van der Waals surface area (Å²) in [6, 6.07) is 5.42. The van der Waals surface area contributed by atoms with Crippen LogP contribution in [0.3, 0.4) is 0 Å². The largest absolute Gasteiger partial charge is 0.337 e. The standard InChI is InChI=1S/C22H27FN4O3/c1-14(2)10-11-26-20(29)18-19(24-13-25(18)12-17(28)22(3,4)5)27(21(26)30)16-8-6-15(23)7-9-16/h6-9,13-14H,10-12H2,1-5H3. The molecular formula is C22H27FN4O3. The molecule has 0 radical (unpaired) electrons. The zero-order chi connectivity index (χ0) is 22.2. The van der Waals surface area contributed by atoms with Crippen molar-refractivity contribution in [1.29, 1.82) is 0 Å². The maximum Gasteiger partial charge on any atom is 0.337 e. The van der Waals surface area contributed by atoms with Gasteiger partial charge in [0.05, 0.1) is 18.6 Å². The first kappa shape index (κ1) is 21.7. The molecule has 0 bridgehead atoms. The highest BCUT2D eigenvalue weighted by Gasteiger charge is 2.25. The van der Waals surface area contributed by atoms with Gasteiger partial charge < -0.3 is 4.57 Å². The Morgan fingerprint density at radius 3 is 2.33 bits per heavy atom. The van der Waals surface area contributed by atoms with Gasteiger partial charge in [0.2, 0.25) is 0 Å². The predicted molar refractivity (Wildman–Crippen MR) is 113 cm³/mol. The number of aromatic nitrogens is 4. The number of ketones is 1. The Morgan fingerprint density at radius 1 is 1.13 bits per heavy atom. The Hall–Kier alpha value is -3.03. The van der Waals surface area contributed by atoms with E-state index in [1.165, 1.54) is 44.3 Å². The van der Waals surface area contributed by atoms with Crippen molar-refractivity contribution in [3.8, 4) is 5.69 Å². The van der Waals surface area contributed by atoms with E-state index in [9.17, 15) is 18.8 Å². The fraction of sp³-hybridized carbons (Fsp3) is 0.455. The van der Waals surface area contributed by atoms with Crippen LogP contribution >= 0.6 is 0 Å². The molecule has 0 N–H and O–H groups in total. The number of carbonyl (C=O) groups is 1. The first-order valence-electron chi connectivity index (χ1n) is 10.0. The number of halogens is 1. The highest BCUT2D eigenvalue weighted by molar-refractivity contribution is 5.85. The van der Waals surface area contributed by atoms with Crippen LogP contribution in [-0.4, -0.2) is 24.5 Å². The van der Waals surface area contributed by atoms with Crippen molar-refractivity contribution in [3.05, 3.63) is 57.2 Å². The van der Waals surface area contributed by atoms with Crippen LogP contribution < -0.4 is 11.2 Å². The van der Waals surface area contributed by atoms with Gasteiger partial charge in [0.25, 0.3) is 5.56 Å². The molecule has 0 spiro atoms. The lowest BCUT2D eigenvalue weighted by Crippen LogP contribution is -2.40. The fourth-order valence-electron chi connectivity index (χ4n) is 3.10. The van der Waals surface area contributed by atoms with Crippen molar-refractivity contribution in [1.82, 2.24) is 18.7 Å². The quantitative estimate of drug-likeness (QED) is 0.621. The van der Waals surface area contributed by atoms with Gasteiger partial charge in [0.1, 0.15) is 5.82 Å². The van der Waals surface area contributed by atoms with E-state index in [-0.39, 0.29) is 30.0 Å². The molecule has 7 nitrogen and oxygen atoms in total. The van der Waals surface area contributed by atoms with Gasteiger partial charge in [-0.05, 0) is 36.6 Å². The zero-order valence-electron chi connectivity index (χ0n) is 18.0.